The number of hydrogen-bond donors (Lipinski definition) is 2. The molecule has 0 spiro atoms. The summed E-state index contributed by atoms with van der Waals surface area (Å²) in [5.74, 6) is 0. The molecule has 1 fully saturated rings. The smallest absolute Gasteiger partial charge is 0.115 e. The highest BCUT2D eigenvalue weighted by Gasteiger charge is 2.35. The normalized spacial score (nSPS) is 31.5. The molecule has 1 saturated heterocycles. The molecule has 0 saturated carbocycles. The van der Waals surface area contributed by atoms with Crippen LogP contribution in [0.25, 0.3) is 0 Å². The van der Waals surface area contributed by atoms with Crippen molar-refractivity contribution in [1.82, 2.24) is 15.3 Å². The van der Waals surface area contributed by atoms with Crippen LogP contribution < -0.4 is 5.32 Å². The first kappa shape index (κ1) is 10.5. The fraction of sp³-hybridized carbons (Fsp3) is 0.636. The molecule has 82 valence electrons. The van der Waals surface area contributed by atoms with Gasteiger partial charge in [-0.15, -0.1) is 0 Å². The standard InChI is InChI=1S/C11H17N3O/c1-2-10-5-11(15,3-4-14-10)9-6-12-8-13-7-9/h6-8,10,14-15H,2-5H2,1H3. The summed E-state index contributed by atoms with van der Waals surface area (Å²) in [6.45, 7) is 2.98. The Hall–Kier alpha value is -1.00. The minimum Gasteiger partial charge on any atom is -0.385 e. The third-order valence-corrected chi connectivity index (χ3v) is 3.15. The van der Waals surface area contributed by atoms with E-state index in [0.29, 0.717) is 6.04 Å². The Labute approximate surface area is 89.8 Å². The number of piperidine rings is 1. The van der Waals surface area contributed by atoms with Gasteiger partial charge in [-0.3, -0.25) is 0 Å². The highest BCUT2D eigenvalue weighted by molar-refractivity contribution is 5.16. The fourth-order valence-electron chi connectivity index (χ4n) is 2.16. The van der Waals surface area contributed by atoms with Crippen LogP contribution in [0.1, 0.15) is 31.7 Å². The molecule has 2 heterocycles. The lowest BCUT2D eigenvalue weighted by Gasteiger charge is -2.37. The molecule has 15 heavy (non-hydrogen) atoms. The van der Waals surface area contributed by atoms with E-state index in [1.807, 2.05) is 0 Å². The topological polar surface area (TPSA) is 58.0 Å². The van der Waals surface area contributed by atoms with Gasteiger partial charge >= 0.3 is 0 Å². The van der Waals surface area contributed by atoms with E-state index in [-0.39, 0.29) is 0 Å². The summed E-state index contributed by atoms with van der Waals surface area (Å²) in [5, 5.41) is 13.9. The molecular formula is C11H17N3O. The zero-order valence-corrected chi connectivity index (χ0v) is 8.98. The molecule has 1 aliphatic heterocycles. The van der Waals surface area contributed by atoms with Crippen LogP contribution in [0.15, 0.2) is 18.7 Å². The highest BCUT2D eigenvalue weighted by atomic mass is 16.3. The zero-order valence-electron chi connectivity index (χ0n) is 8.98. The Bertz CT molecular complexity index is 317. The molecule has 2 rings (SSSR count). The second-order valence-corrected chi connectivity index (χ2v) is 4.17. The maximum Gasteiger partial charge on any atom is 0.115 e. The molecule has 0 radical (unpaired) electrons. The van der Waals surface area contributed by atoms with E-state index in [9.17, 15) is 5.11 Å². The lowest BCUT2D eigenvalue weighted by Crippen LogP contribution is -2.46. The monoisotopic (exact) mass is 207 g/mol. The molecule has 2 atom stereocenters. The summed E-state index contributed by atoms with van der Waals surface area (Å²) >= 11 is 0. The van der Waals surface area contributed by atoms with Gasteiger partial charge in [0.2, 0.25) is 0 Å². The van der Waals surface area contributed by atoms with Crippen molar-refractivity contribution in [2.75, 3.05) is 6.54 Å². The lowest BCUT2D eigenvalue weighted by atomic mass is 9.82. The van der Waals surface area contributed by atoms with Crippen molar-refractivity contribution >= 4 is 0 Å². The molecule has 1 aliphatic rings. The van der Waals surface area contributed by atoms with Crippen molar-refractivity contribution in [3.05, 3.63) is 24.3 Å². The molecule has 0 aromatic carbocycles. The maximum atomic E-state index is 10.5. The second kappa shape index (κ2) is 4.24. The highest BCUT2D eigenvalue weighted by Crippen LogP contribution is 2.32. The van der Waals surface area contributed by atoms with Crippen LogP contribution in [-0.2, 0) is 5.60 Å². The predicted octanol–water partition coefficient (Wildman–Crippen LogP) is 0.826. The van der Waals surface area contributed by atoms with Crippen molar-refractivity contribution < 1.29 is 5.11 Å². The van der Waals surface area contributed by atoms with Gasteiger partial charge in [0.1, 0.15) is 6.33 Å². The van der Waals surface area contributed by atoms with Gasteiger partial charge in [0, 0.05) is 24.0 Å². The molecule has 1 aromatic rings. The summed E-state index contributed by atoms with van der Waals surface area (Å²) in [6, 6.07) is 0.393. The van der Waals surface area contributed by atoms with Gasteiger partial charge in [0.25, 0.3) is 0 Å². The molecule has 4 heteroatoms. The van der Waals surface area contributed by atoms with E-state index in [1.165, 1.54) is 6.33 Å². The van der Waals surface area contributed by atoms with Crippen LogP contribution >= 0.6 is 0 Å². The predicted molar refractivity (Wildman–Crippen MR) is 57.2 cm³/mol. The molecule has 2 unspecified atom stereocenters. The Morgan fingerprint density at radius 1 is 1.53 bits per heavy atom. The average Bonchev–Trinajstić information content (AvgIpc) is 2.30. The second-order valence-electron chi connectivity index (χ2n) is 4.17. The molecule has 1 aromatic heterocycles. The SMILES string of the molecule is CCC1CC(O)(c2cncnc2)CCN1. The number of rotatable bonds is 2. The lowest BCUT2D eigenvalue weighted by molar-refractivity contribution is -0.0100. The minimum absolute atomic E-state index is 0.393. The van der Waals surface area contributed by atoms with Gasteiger partial charge in [-0.05, 0) is 25.8 Å². The van der Waals surface area contributed by atoms with Gasteiger partial charge in [-0.2, -0.15) is 0 Å². The first-order chi connectivity index (χ1) is 7.24. The van der Waals surface area contributed by atoms with Gasteiger partial charge in [-0.1, -0.05) is 6.92 Å². The third-order valence-electron chi connectivity index (χ3n) is 3.15. The van der Waals surface area contributed by atoms with Crippen LogP contribution in [0.2, 0.25) is 0 Å². The summed E-state index contributed by atoms with van der Waals surface area (Å²) < 4.78 is 0. The van der Waals surface area contributed by atoms with Crippen molar-refractivity contribution in [2.24, 2.45) is 0 Å². The quantitative estimate of drug-likeness (QED) is 0.754. The van der Waals surface area contributed by atoms with Gasteiger partial charge in [0.05, 0.1) is 5.60 Å². The average molecular weight is 207 g/mol. The zero-order chi connectivity index (χ0) is 10.7. The van der Waals surface area contributed by atoms with Gasteiger partial charge in [0.15, 0.2) is 0 Å². The number of aliphatic hydroxyl groups is 1. The van der Waals surface area contributed by atoms with E-state index in [4.69, 9.17) is 0 Å². The van der Waals surface area contributed by atoms with Crippen molar-refractivity contribution in [3.63, 3.8) is 0 Å². The molecule has 0 bridgehead atoms. The molecule has 4 nitrogen and oxygen atoms in total. The first-order valence-corrected chi connectivity index (χ1v) is 5.46. The van der Waals surface area contributed by atoms with Gasteiger partial charge in [-0.25, -0.2) is 9.97 Å². The first-order valence-electron chi connectivity index (χ1n) is 5.46. The van der Waals surface area contributed by atoms with Crippen molar-refractivity contribution in [1.29, 1.82) is 0 Å². The fourth-order valence-corrected chi connectivity index (χ4v) is 2.16. The largest absolute Gasteiger partial charge is 0.385 e. The van der Waals surface area contributed by atoms with E-state index >= 15 is 0 Å². The van der Waals surface area contributed by atoms with Crippen LogP contribution in [0.4, 0.5) is 0 Å². The Balaban J connectivity index is 2.19. The Morgan fingerprint density at radius 3 is 2.93 bits per heavy atom. The third kappa shape index (κ3) is 2.16. The van der Waals surface area contributed by atoms with Crippen LogP contribution in [0.3, 0.4) is 0 Å². The van der Waals surface area contributed by atoms with Crippen LogP contribution in [0, 0.1) is 0 Å². The Morgan fingerprint density at radius 2 is 2.27 bits per heavy atom. The molecule has 0 aliphatic carbocycles. The summed E-state index contributed by atoms with van der Waals surface area (Å²) in [5.41, 5.74) is 0.0950. The number of aromatic nitrogens is 2. The summed E-state index contributed by atoms with van der Waals surface area (Å²) in [7, 11) is 0. The van der Waals surface area contributed by atoms with E-state index in [2.05, 4.69) is 22.2 Å². The van der Waals surface area contributed by atoms with Crippen molar-refractivity contribution in [3.8, 4) is 0 Å². The number of nitrogens with one attached hydrogen (secondary N) is 1. The molecule has 2 N–H and O–H groups in total. The van der Waals surface area contributed by atoms with Crippen LogP contribution in [-0.4, -0.2) is 27.7 Å². The van der Waals surface area contributed by atoms with Crippen LogP contribution in [0.5, 0.6) is 0 Å². The number of nitrogens with zero attached hydrogens (tertiary/aromatic N) is 2. The van der Waals surface area contributed by atoms with E-state index in [0.717, 1.165) is 31.4 Å². The molecular weight excluding hydrogens is 190 g/mol. The van der Waals surface area contributed by atoms with Gasteiger partial charge < -0.3 is 10.4 Å². The summed E-state index contributed by atoms with van der Waals surface area (Å²) in [4.78, 5) is 7.93. The molecule has 0 amide bonds. The minimum atomic E-state index is -0.743. The van der Waals surface area contributed by atoms with E-state index in [1.54, 1.807) is 12.4 Å². The maximum absolute atomic E-state index is 10.5. The Kier molecular flexibility index (Phi) is 2.98. The van der Waals surface area contributed by atoms with Crippen molar-refractivity contribution in [2.45, 2.75) is 37.8 Å². The van der Waals surface area contributed by atoms with E-state index < -0.39 is 5.60 Å². The number of hydrogen-bond acceptors (Lipinski definition) is 4. The summed E-state index contributed by atoms with van der Waals surface area (Å²) in [6.07, 6.45) is 7.44.